The van der Waals surface area contributed by atoms with E-state index in [1.807, 2.05) is 71.8 Å². The molecule has 0 amide bonds. The number of hydrogen-bond donors (Lipinski definition) is 1. The number of hydrazone groups is 1. The summed E-state index contributed by atoms with van der Waals surface area (Å²) in [6.07, 6.45) is 3.51. The van der Waals surface area contributed by atoms with Crippen LogP contribution in [0.3, 0.4) is 0 Å². The van der Waals surface area contributed by atoms with Crippen LogP contribution in [0, 0.1) is 0 Å². The Kier molecular flexibility index (Phi) is 3.76. The highest BCUT2D eigenvalue weighted by atomic mass is 35.5. The van der Waals surface area contributed by atoms with E-state index < -0.39 is 0 Å². The molecule has 1 aliphatic heterocycles. The highest BCUT2D eigenvalue weighted by Crippen LogP contribution is 2.25. The molecule has 1 aliphatic rings. The number of benzene rings is 2. The van der Waals surface area contributed by atoms with E-state index in [0.29, 0.717) is 5.02 Å². The van der Waals surface area contributed by atoms with E-state index in [0.717, 1.165) is 22.8 Å². The van der Waals surface area contributed by atoms with Gasteiger partial charge < -0.3 is 0 Å². The van der Waals surface area contributed by atoms with Crippen molar-refractivity contribution in [2.75, 3.05) is 10.2 Å². The molecule has 0 saturated carbocycles. The summed E-state index contributed by atoms with van der Waals surface area (Å²) in [6.45, 7) is 0. The molecule has 4 rings (SSSR count). The lowest BCUT2D eigenvalue weighted by atomic mass is 10.2. The van der Waals surface area contributed by atoms with Gasteiger partial charge in [0.15, 0.2) is 5.84 Å². The van der Waals surface area contributed by atoms with Crippen molar-refractivity contribution in [2.24, 2.45) is 5.10 Å². The molecule has 2 heterocycles. The van der Waals surface area contributed by atoms with Gasteiger partial charge in [-0.3, -0.25) is 10.4 Å². The zero-order chi connectivity index (χ0) is 16.4. The van der Waals surface area contributed by atoms with Crippen molar-refractivity contribution in [3.63, 3.8) is 0 Å². The second-order valence-corrected chi connectivity index (χ2v) is 5.65. The first-order valence-electron chi connectivity index (χ1n) is 7.48. The van der Waals surface area contributed by atoms with Crippen LogP contribution in [0.25, 0.3) is 0 Å². The van der Waals surface area contributed by atoms with E-state index >= 15 is 0 Å². The summed E-state index contributed by atoms with van der Waals surface area (Å²) >= 11 is 5.98. The number of nitrogens with one attached hydrogen (secondary N) is 1. The second-order valence-electron chi connectivity index (χ2n) is 5.22. The van der Waals surface area contributed by atoms with Crippen molar-refractivity contribution in [1.29, 1.82) is 0 Å². The predicted molar refractivity (Wildman–Crippen MR) is 96.8 cm³/mol. The van der Waals surface area contributed by atoms with E-state index in [-0.39, 0.29) is 0 Å². The summed E-state index contributed by atoms with van der Waals surface area (Å²) in [7, 11) is 0. The quantitative estimate of drug-likeness (QED) is 0.789. The molecule has 5 nitrogen and oxygen atoms in total. The van der Waals surface area contributed by atoms with Crippen LogP contribution < -0.4 is 15.7 Å². The maximum absolute atomic E-state index is 5.98. The Balaban J connectivity index is 1.74. The number of hydrogen-bond acceptors (Lipinski definition) is 5. The van der Waals surface area contributed by atoms with Crippen LogP contribution in [-0.4, -0.2) is 10.8 Å². The lowest BCUT2D eigenvalue weighted by molar-refractivity contribution is 0.769. The van der Waals surface area contributed by atoms with Crippen LogP contribution in [0.15, 0.2) is 84.2 Å². The molecule has 24 heavy (non-hydrogen) atoms. The molecule has 0 spiro atoms. The van der Waals surface area contributed by atoms with Gasteiger partial charge in [-0.1, -0.05) is 29.8 Å². The van der Waals surface area contributed by atoms with Crippen LogP contribution >= 0.6 is 11.6 Å². The topological polar surface area (TPSA) is 43.8 Å². The molecule has 0 bridgehead atoms. The lowest BCUT2D eigenvalue weighted by Gasteiger charge is -2.27. The minimum atomic E-state index is 0.696. The fourth-order valence-corrected chi connectivity index (χ4v) is 2.55. The van der Waals surface area contributed by atoms with Gasteiger partial charge in [0.2, 0.25) is 0 Å². The second kappa shape index (κ2) is 6.22. The van der Waals surface area contributed by atoms with Crippen molar-refractivity contribution >= 4 is 28.8 Å². The van der Waals surface area contributed by atoms with E-state index in [4.69, 9.17) is 16.7 Å². The first-order valence-corrected chi connectivity index (χ1v) is 7.85. The molecule has 0 unspecified atom stereocenters. The smallest absolute Gasteiger partial charge is 0.176 e. The zero-order valence-electron chi connectivity index (χ0n) is 12.7. The number of aromatic nitrogens is 1. The summed E-state index contributed by atoms with van der Waals surface area (Å²) < 4.78 is 0. The summed E-state index contributed by atoms with van der Waals surface area (Å²) in [5, 5.41) is 9.05. The Morgan fingerprint density at radius 2 is 1.58 bits per heavy atom. The van der Waals surface area contributed by atoms with E-state index in [1.165, 1.54) is 0 Å². The highest BCUT2D eigenvalue weighted by Gasteiger charge is 2.26. The van der Waals surface area contributed by atoms with Crippen LogP contribution in [0.1, 0.15) is 5.56 Å². The third-order valence-electron chi connectivity index (χ3n) is 3.59. The largest absolute Gasteiger partial charge is 0.262 e. The minimum Gasteiger partial charge on any atom is -0.262 e. The van der Waals surface area contributed by atoms with Crippen LogP contribution in [0.5, 0.6) is 0 Å². The maximum Gasteiger partial charge on any atom is 0.176 e. The standard InChI is InChI=1S/C18H14ClN5/c19-15-10-8-14(9-11-15)18-21-23(16-5-2-1-3-6-16)24(22-18)17-7-4-12-20-13-17/h1-13H,(H,21,22). The number of nitrogens with zero attached hydrogens (tertiary/aromatic N) is 4. The van der Waals surface area contributed by atoms with Gasteiger partial charge in [-0.15, -0.1) is 10.2 Å². The average Bonchev–Trinajstić information content (AvgIpc) is 3.09. The summed E-state index contributed by atoms with van der Waals surface area (Å²) in [6, 6.07) is 21.4. The monoisotopic (exact) mass is 335 g/mol. The van der Waals surface area contributed by atoms with E-state index in [9.17, 15) is 0 Å². The first-order chi connectivity index (χ1) is 11.8. The Morgan fingerprint density at radius 1 is 0.833 bits per heavy atom. The van der Waals surface area contributed by atoms with Crippen molar-refractivity contribution in [2.45, 2.75) is 0 Å². The summed E-state index contributed by atoms with van der Waals surface area (Å²) in [5.74, 6) is 0.736. The molecule has 1 aromatic heterocycles. The van der Waals surface area contributed by atoms with Crippen molar-refractivity contribution in [3.05, 3.63) is 89.7 Å². The Labute approximate surface area is 144 Å². The van der Waals surface area contributed by atoms with Gasteiger partial charge in [0.05, 0.1) is 11.9 Å². The van der Waals surface area contributed by atoms with Gasteiger partial charge in [0, 0.05) is 16.8 Å². The maximum atomic E-state index is 5.98. The van der Waals surface area contributed by atoms with Gasteiger partial charge in [-0.25, -0.2) is 0 Å². The number of para-hydroxylation sites is 1. The molecule has 6 heteroatoms. The third-order valence-corrected chi connectivity index (χ3v) is 3.84. The number of amidine groups is 1. The fourth-order valence-electron chi connectivity index (χ4n) is 2.43. The molecule has 2 aromatic carbocycles. The molecule has 3 aromatic rings. The normalized spacial score (nSPS) is 13.6. The summed E-state index contributed by atoms with van der Waals surface area (Å²) in [5.41, 5.74) is 6.11. The van der Waals surface area contributed by atoms with Crippen molar-refractivity contribution in [1.82, 2.24) is 10.4 Å². The molecule has 1 N–H and O–H groups in total. The molecule has 0 saturated heterocycles. The predicted octanol–water partition coefficient (Wildman–Crippen LogP) is 3.84. The SMILES string of the molecule is Clc1ccc(C2=NN(c3cccnc3)N(c3ccccc3)N2)cc1. The van der Waals surface area contributed by atoms with Crippen LogP contribution in [0.2, 0.25) is 5.02 Å². The Bertz CT molecular complexity index is 850. The van der Waals surface area contributed by atoms with Crippen molar-refractivity contribution < 1.29 is 0 Å². The number of halogens is 1. The zero-order valence-corrected chi connectivity index (χ0v) is 13.4. The number of pyridine rings is 1. The molecule has 0 fully saturated rings. The van der Waals surface area contributed by atoms with Gasteiger partial charge in [-0.05, 0) is 48.5 Å². The fraction of sp³-hybridized carbons (Fsp3) is 0. The van der Waals surface area contributed by atoms with Crippen LogP contribution in [0.4, 0.5) is 11.4 Å². The Morgan fingerprint density at radius 3 is 2.29 bits per heavy atom. The van der Waals surface area contributed by atoms with Crippen molar-refractivity contribution in [3.8, 4) is 0 Å². The third kappa shape index (κ3) is 2.77. The number of hydrazine groups is 2. The number of anilines is 2. The van der Waals surface area contributed by atoms with Gasteiger partial charge in [-0.2, -0.15) is 5.12 Å². The highest BCUT2D eigenvalue weighted by molar-refractivity contribution is 6.30. The minimum absolute atomic E-state index is 0.696. The average molecular weight is 336 g/mol. The van der Waals surface area contributed by atoms with Gasteiger partial charge >= 0.3 is 0 Å². The first kappa shape index (κ1) is 14.5. The molecule has 0 atom stereocenters. The van der Waals surface area contributed by atoms with E-state index in [2.05, 4.69) is 10.4 Å². The molecule has 0 aliphatic carbocycles. The van der Waals surface area contributed by atoms with Gasteiger partial charge in [0.25, 0.3) is 0 Å². The molecule has 118 valence electrons. The Hall–Kier alpha value is -3.05. The molecular formula is C18H14ClN5. The van der Waals surface area contributed by atoms with E-state index in [1.54, 1.807) is 17.5 Å². The lowest BCUT2D eigenvalue weighted by Crippen LogP contribution is -2.44. The molecular weight excluding hydrogens is 322 g/mol. The summed E-state index contributed by atoms with van der Waals surface area (Å²) in [4.78, 5) is 4.18. The molecule has 0 radical (unpaired) electrons. The number of rotatable bonds is 3. The van der Waals surface area contributed by atoms with Gasteiger partial charge in [0.1, 0.15) is 5.69 Å². The van der Waals surface area contributed by atoms with Crippen LogP contribution in [-0.2, 0) is 0 Å².